The normalized spacial score (nSPS) is 11.3. The van der Waals surface area contributed by atoms with Crippen molar-refractivity contribution < 1.29 is 12.8 Å². The van der Waals surface area contributed by atoms with Crippen LogP contribution in [0.3, 0.4) is 0 Å². The molecule has 8 heteroatoms. The van der Waals surface area contributed by atoms with Crippen molar-refractivity contribution in [3.63, 3.8) is 0 Å². The molecular formula is C11H11FN4O2S. The maximum Gasteiger partial charge on any atom is 0.267 e. The lowest BCUT2D eigenvalue weighted by Gasteiger charge is -2.08. The number of halogens is 1. The molecule has 0 radical (unpaired) electrons. The summed E-state index contributed by atoms with van der Waals surface area (Å²) in [6, 6.07) is 5.20. The first-order valence-electron chi connectivity index (χ1n) is 5.31. The van der Waals surface area contributed by atoms with Gasteiger partial charge >= 0.3 is 0 Å². The predicted octanol–water partition coefficient (Wildman–Crippen LogP) is 0.875. The van der Waals surface area contributed by atoms with Gasteiger partial charge in [-0.05, 0) is 23.8 Å². The molecule has 0 atom stereocenters. The third-order valence-electron chi connectivity index (χ3n) is 2.31. The molecule has 0 saturated heterocycles. The molecular weight excluding hydrogens is 271 g/mol. The summed E-state index contributed by atoms with van der Waals surface area (Å²) in [7, 11) is -4.08. The van der Waals surface area contributed by atoms with Crippen LogP contribution in [0.25, 0.3) is 0 Å². The average Bonchev–Trinajstić information content (AvgIpc) is 2.39. The van der Waals surface area contributed by atoms with E-state index in [4.69, 9.17) is 5.73 Å². The smallest absolute Gasteiger partial charge is 0.267 e. The van der Waals surface area contributed by atoms with Gasteiger partial charge in [-0.3, -0.25) is 0 Å². The van der Waals surface area contributed by atoms with Gasteiger partial charge in [0.25, 0.3) is 10.0 Å². The lowest BCUT2D eigenvalue weighted by Crippen LogP contribution is -2.17. The van der Waals surface area contributed by atoms with Gasteiger partial charge in [-0.15, -0.1) is 0 Å². The zero-order valence-corrected chi connectivity index (χ0v) is 10.6. The Balaban J connectivity index is 2.39. The summed E-state index contributed by atoms with van der Waals surface area (Å²) >= 11 is 0. The Hall–Kier alpha value is -2.06. The van der Waals surface area contributed by atoms with E-state index >= 15 is 0 Å². The molecule has 100 valence electrons. The van der Waals surface area contributed by atoms with Crippen LogP contribution in [0.1, 0.15) is 5.56 Å². The number of hydrogen-bond donors (Lipinski definition) is 2. The maximum absolute atomic E-state index is 13.6. The van der Waals surface area contributed by atoms with E-state index < -0.39 is 20.7 Å². The third-order valence-corrected chi connectivity index (χ3v) is 3.66. The summed E-state index contributed by atoms with van der Waals surface area (Å²) in [5.74, 6) is -0.985. The Morgan fingerprint density at radius 2 is 1.95 bits per heavy atom. The minimum absolute atomic E-state index is 0.116. The SMILES string of the molecule is NCc1ccc(F)c(S(=O)(=O)Nc2ncccn2)c1. The van der Waals surface area contributed by atoms with E-state index in [0.717, 1.165) is 6.07 Å². The first-order valence-corrected chi connectivity index (χ1v) is 6.79. The van der Waals surface area contributed by atoms with Crippen molar-refractivity contribution in [2.45, 2.75) is 11.4 Å². The van der Waals surface area contributed by atoms with Gasteiger partial charge in [0.1, 0.15) is 10.7 Å². The fourth-order valence-corrected chi connectivity index (χ4v) is 2.49. The highest BCUT2D eigenvalue weighted by atomic mass is 32.2. The van der Waals surface area contributed by atoms with Crippen LogP contribution in [0, 0.1) is 5.82 Å². The van der Waals surface area contributed by atoms with Crippen LogP contribution in [0.15, 0.2) is 41.6 Å². The van der Waals surface area contributed by atoms with Crippen LogP contribution in [-0.2, 0) is 16.6 Å². The van der Waals surface area contributed by atoms with E-state index in [1.165, 1.54) is 30.6 Å². The monoisotopic (exact) mass is 282 g/mol. The fourth-order valence-electron chi connectivity index (χ4n) is 1.41. The largest absolute Gasteiger partial charge is 0.326 e. The Morgan fingerprint density at radius 3 is 2.58 bits per heavy atom. The number of hydrogen-bond acceptors (Lipinski definition) is 5. The van der Waals surface area contributed by atoms with Gasteiger partial charge in [-0.25, -0.2) is 27.5 Å². The van der Waals surface area contributed by atoms with Crippen LogP contribution >= 0.6 is 0 Å². The molecule has 0 aliphatic carbocycles. The van der Waals surface area contributed by atoms with Crippen LogP contribution in [0.5, 0.6) is 0 Å². The summed E-state index contributed by atoms with van der Waals surface area (Å²) in [4.78, 5) is 6.94. The summed E-state index contributed by atoms with van der Waals surface area (Å²) in [5.41, 5.74) is 5.91. The van der Waals surface area contributed by atoms with Gasteiger partial charge in [0, 0.05) is 18.9 Å². The molecule has 19 heavy (non-hydrogen) atoms. The fraction of sp³-hybridized carbons (Fsp3) is 0.0909. The Kier molecular flexibility index (Phi) is 3.72. The zero-order chi connectivity index (χ0) is 13.9. The summed E-state index contributed by atoms with van der Waals surface area (Å²) < 4.78 is 39.7. The number of benzene rings is 1. The number of aromatic nitrogens is 2. The van der Waals surface area contributed by atoms with Crippen molar-refractivity contribution >= 4 is 16.0 Å². The van der Waals surface area contributed by atoms with Crippen LogP contribution in [0.4, 0.5) is 10.3 Å². The first-order chi connectivity index (χ1) is 9.03. The van der Waals surface area contributed by atoms with E-state index in [-0.39, 0.29) is 12.5 Å². The second-order valence-corrected chi connectivity index (χ2v) is 5.30. The number of rotatable bonds is 4. The van der Waals surface area contributed by atoms with E-state index in [0.29, 0.717) is 5.56 Å². The zero-order valence-electron chi connectivity index (χ0n) is 9.75. The Morgan fingerprint density at radius 1 is 1.26 bits per heavy atom. The number of anilines is 1. The molecule has 0 bridgehead atoms. The molecule has 3 N–H and O–H groups in total. The number of nitrogens with one attached hydrogen (secondary N) is 1. The van der Waals surface area contributed by atoms with Gasteiger partial charge in [0.15, 0.2) is 0 Å². The van der Waals surface area contributed by atoms with Crippen molar-refractivity contribution in [2.24, 2.45) is 5.73 Å². The molecule has 0 aliphatic heterocycles. The molecule has 0 saturated carbocycles. The molecule has 1 heterocycles. The number of nitrogens with two attached hydrogens (primary N) is 1. The minimum atomic E-state index is -4.08. The van der Waals surface area contributed by atoms with Crippen molar-refractivity contribution in [1.82, 2.24) is 9.97 Å². The highest BCUT2D eigenvalue weighted by Crippen LogP contribution is 2.18. The van der Waals surface area contributed by atoms with E-state index in [1.807, 2.05) is 0 Å². The second-order valence-electron chi connectivity index (χ2n) is 3.65. The van der Waals surface area contributed by atoms with Crippen LogP contribution in [0.2, 0.25) is 0 Å². The maximum atomic E-state index is 13.6. The summed E-state index contributed by atoms with van der Waals surface area (Å²) in [6.45, 7) is 0.116. The standard InChI is InChI=1S/C11H11FN4O2S/c12-9-3-2-8(7-13)6-10(9)19(17,18)16-11-14-4-1-5-15-11/h1-6H,7,13H2,(H,14,15,16). The quantitative estimate of drug-likeness (QED) is 0.867. The molecule has 0 aliphatic rings. The molecule has 1 aromatic heterocycles. The van der Waals surface area contributed by atoms with E-state index in [1.54, 1.807) is 0 Å². The first kappa shape index (κ1) is 13.4. The summed E-state index contributed by atoms with van der Waals surface area (Å²) in [5, 5.41) is 0. The number of nitrogens with zero attached hydrogens (tertiary/aromatic N) is 2. The van der Waals surface area contributed by atoms with Crippen molar-refractivity contribution in [2.75, 3.05) is 4.72 Å². The van der Waals surface area contributed by atoms with Crippen LogP contribution < -0.4 is 10.5 Å². The molecule has 1 aromatic carbocycles. The predicted molar refractivity (Wildman–Crippen MR) is 67.1 cm³/mol. The molecule has 2 rings (SSSR count). The average molecular weight is 282 g/mol. The molecule has 0 unspecified atom stereocenters. The Bertz CT molecular complexity index is 676. The summed E-state index contributed by atoms with van der Waals surface area (Å²) in [6.07, 6.45) is 2.75. The molecule has 0 spiro atoms. The van der Waals surface area contributed by atoms with Gasteiger partial charge in [-0.1, -0.05) is 6.07 Å². The van der Waals surface area contributed by atoms with Crippen molar-refractivity contribution in [3.05, 3.63) is 48.0 Å². The number of sulfonamides is 1. The van der Waals surface area contributed by atoms with Crippen molar-refractivity contribution in [1.29, 1.82) is 0 Å². The van der Waals surface area contributed by atoms with E-state index in [9.17, 15) is 12.8 Å². The molecule has 2 aromatic rings. The highest BCUT2D eigenvalue weighted by molar-refractivity contribution is 7.92. The Labute approximate surface area is 109 Å². The van der Waals surface area contributed by atoms with Crippen LogP contribution in [-0.4, -0.2) is 18.4 Å². The minimum Gasteiger partial charge on any atom is -0.326 e. The van der Waals surface area contributed by atoms with Crippen molar-refractivity contribution in [3.8, 4) is 0 Å². The highest BCUT2D eigenvalue weighted by Gasteiger charge is 2.20. The molecule has 0 amide bonds. The molecule has 6 nitrogen and oxygen atoms in total. The lowest BCUT2D eigenvalue weighted by atomic mass is 10.2. The molecule has 0 fully saturated rings. The van der Waals surface area contributed by atoms with E-state index in [2.05, 4.69) is 14.7 Å². The second kappa shape index (κ2) is 5.29. The third kappa shape index (κ3) is 3.04. The van der Waals surface area contributed by atoms with Gasteiger partial charge in [0.2, 0.25) is 5.95 Å². The van der Waals surface area contributed by atoms with Gasteiger partial charge < -0.3 is 5.73 Å². The lowest BCUT2D eigenvalue weighted by molar-refractivity contribution is 0.569. The van der Waals surface area contributed by atoms with Gasteiger partial charge in [0.05, 0.1) is 0 Å². The topological polar surface area (TPSA) is 98.0 Å². The van der Waals surface area contributed by atoms with Gasteiger partial charge in [-0.2, -0.15) is 0 Å².